The lowest BCUT2D eigenvalue weighted by molar-refractivity contribution is 0.0996. The van der Waals surface area contributed by atoms with Gasteiger partial charge in [0.1, 0.15) is 5.82 Å². The molecule has 10 heteroatoms. The van der Waals surface area contributed by atoms with Gasteiger partial charge in [-0.3, -0.25) is 4.79 Å². The maximum Gasteiger partial charge on any atom is 0.316 e. The van der Waals surface area contributed by atoms with Crippen LogP contribution in [0.2, 0.25) is 5.02 Å². The minimum absolute atomic E-state index is 0.0795. The second-order valence-corrected chi connectivity index (χ2v) is 6.91. The van der Waals surface area contributed by atoms with Gasteiger partial charge in [0.25, 0.3) is 5.91 Å². The zero-order valence-electron chi connectivity index (χ0n) is 13.6. The Balaban J connectivity index is 1.90. The summed E-state index contributed by atoms with van der Waals surface area (Å²) in [6.45, 7) is 0. The van der Waals surface area contributed by atoms with E-state index < -0.39 is 11.9 Å². The maximum absolute atomic E-state index is 13.0. The molecule has 5 N–H and O–H groups in total. The highest BCUT2D eigenvalue weighted by atomic mass is 35.5. The molecule has 1 aromatic heterocycles. The zero-order chi connectivity index (χ0) is 19.6. The number of nitrogens with one attached hydrogen (secondary N) is 1. The highest BCUT2D eigenvalue weighted by Gasteiger charge is 2.17. The highest BCUT2D eigenvalue weighted by Crippen LogP contribution is 2.32. The third kappa shape index (κ3) is 4.39. The van der Waals surface area contributed by atoms with Crippen molar-refractivity contribution in [3.63, 3.8) is 0 Å². The summed E-state index contributed by atoms with van der Waals surface area (Å²) in [6.07, 6.45) is 1.39. The molecule has 0 aliphatic carbocycles. The molecule has 0 fully saturated rings. The van der Waals surface area contributed by atoms with Crippen molar-refractivity contribution in [1.82, 2.24) is 9.78 Å². The number of hydrogen-bond donors (Lipinski definition) is 3. The third-order valence-corrected chi connectivity index (χ3v) is 4.72. The van der Waals surface area contributed by atoms with Crippen LogP contribution in [0.5, 0.6) is 0 Å². The molecule has 0 aliphatic rings. The van der Waals surface area contributed by atoms with Crippen LogP contribution in [0.3, 0.4) is 0 Å². The minimum Gasteiger partial charge on any atom is -0.364 e. The van der Waals surface area contributed by atoms with Crippen LogP contribution in [0.25, 0.3) is 5.69 Å². The van der Waals surface area contributed by atoms with Gasteiger partial charge in [0.15, 0.2) is 5.69 Å². The molecule has 0 saturated heterocycles. The number of nitrogens with zero attached hydrogens (tertiary/aromatic N) is 2. The summed E-state index contributed by atoms with van der Waals surface area (Å²) in [4.78, 5) is 24.2. The van der Waals surface area contributed by atoms with E-state index in [1.54, 1.807) is 30.3 Å². The Morgan fingerprint density at radius 3 is 2.37 bits per heavy atom. The van der Waals surface area contributed by atoms with Crippen molar-refractivity contribution >= 4 is 41.0 Å². The number of anilines is 1. The molecular formula is C17H13ClFN5O2S. The Hall–Kier alpha value is -3.04. The van der Waals surface area contributed by atoms with E-state index in [4.69, 9.17) is 23.1 Å². The van der Waals surface area contributed by atoms with Gasteiger partial charge in [-0.25, -0.2) is 13.9 Å². The Bertz CT molecular complexity index is 1020. The Morgan fingerprint density at radius 2 is 1.78 bits per heavy atom. The topological polar surface area (TPSA) is 116 Å². The average molecular weight is 406 g/mol. The molecule has 0 spiro atoms. The van der Waals surface area contributed by atoms with E-state index in [0.717, 1.165) is 9.79 Å². The van der Waals surface area contributed by atoms with E-state index in [2.05, 4.69) is 10.4 Å². The van der Waals surface area contributed by atoms with Gasteiger partial charge in [-0.2, -0.15) is 5.10 Å². The lowest BCUT2D eigenvalue weighted by atomic mass is 10.3. The molecule has 2 aromatic carbocycles. The SMILES string of the molecule is NC(=O)Nc1cn(-c2ccc(Sc3ccc(F)cc3)cc2Cl)nc1C(N)=O. The maximum atomic E-state index is 13.0. The lowest BCUT2D eigenvalue weighted by Crippen LogP contribution is -2.22. The standard InChI is InChI=1S/C17H13ClFN5O2S/c18-12-7-11(27-10-3-1-9(19)2-4-10)5-6-14(12)24-8-13(22-17(21)26)15(23-24)16(20)25/h1-8H,(H2,20,25)(H3,21,22,26). The molecule has 0 atom stereocenters. The molecule has 27 heavy (non-hydrogen) atoms. The number of aromatic nitrogens is 2. The number of carbonyl (C=O) groups is 2. The fourth-order valence-electron chi connectivity index (χ4n) is 2.28. The quantitative estimate of drug-likeness (QED) is 0.603. The second-order valence-electron chi connectivity index (χ2n) is 5.36. The predicted octanol–water partition coefficient (Wildman–Crippen LogP) is 3.41. The van der Waals surface area contributed by atoms with Gasteiger partial charge in [-0.05, 0) is 42.5 Å². The molecular weight excluding hydrogens is 393 g/mol. The van der Waals surface area contributed by atoms with Crippen molar-refractivity contribution in [1.29, 1.82) is 0 Å². The van der Waals surface area contributed by atoms with Crippen molar-refractivity contribution in [3.05, 3.63) is 65.2 Å². The molecule has 0 saturated carbocycles. The van der Waals surface area contributed by atoms with Gasteiger partial charge in [-0.1, -0.05) is 23.4 Å². The van der Waals surface area contributed by atoms with E-state index in [1.807, 2.05) is 0 Å². The Morgan fingerprint density at radius 1 is 1.11 bits per heavy atom. The molecule has 138 valence electrons. The number of urea groups is 1. The van der Waals surface area contributed by atoms with Gasteiger partial charge < -0.3 is 16.8 Å². The van der Waals surface area contributed by atoms with E-state index in [-0.39, 0.29) is 17.2 Å². The van der Waals surface area contributed by atoms with Crippen molar-refractivity contribution in [2.45, 2.75) is 9.79 Å². The first-order chi connectivity index (χ1) is 12.8. The van der Waals surface area contributed by atoms with Crippen LogP contribution in [0, 0.1) is 5.82 Å². The number of hydrogen-bond acceptors (Lipinski definition) is 4. The van der Waals surface area contributed by atoms with Crippen LogP contribution in [-0.4, -0.2) is 21.7 Å². The summed E-state index contributed by atoms with van der Waals surface area (Å²) < 4.78 is 14.3. The third-order valence-electron chi connectivity index (χ3n) is 3.42. The summed E-state index contributed by atoms with van der Waals surface area (Å²) in [5, 5.41) is 6.70. The number of nitrogens with two attached hydrogens (primary N) is 2. The van der Waals surface area contributed by atoms with E-state index in [9.17, 15) is 14.0 Å². The van der Waals surface area contributed by atoms with Gasteiger partial charge >= 0.3 is 6.03 Å². The highest BCUT2D eigenvalue weighted by molar-refractivity contribution is 7.99. The van der Waals surface area contributed by atoms with Crippen LogP contribution in [0.1, 0.15) is 10.5 Å². The fraction of sp³-hybridized carbons (Fsp3) is 0. The van der Waals surface area contributed by atoms with Crippen molar-refractivity contribution in [2.24, 2.45) is 11.5 Å². The van der Waals surface area contributed by atoms with Crippen LogP contribution in [0.4, 0.5) is 14.9 Å². The summed E-state index contributed by atoms with van der Waals surface area (Å²) in [7, 11) is 0. The molecule has 0 unspecified atom stereocenters. The first-order valence-electron chi connectivity index (χ1n) is 7.53. The van der Waals surface area contributed by atoms with Crippen molar-refractivity contribution < 1.29 is 14.0 Å². The number of benzene rings is 2. The summed E-state index contributed by atoms with van der Waals surface area (Å²) in [5.74, 6) is -1.13. The lowest BCUT2D eigenvalue weighted by Gasteiger charge is -2.07. The molecule has 3 rings (SSSR count). The molecule has 0 radical (unpaired) electrons. The van der Waals surface area contributed by atoms with Gasteiger partial charge in [-0.15, -0.1) is 0 Å². The number of rotatable bonds is 5. The van der Waals surface area contributed by atoms with Crippen LogP contribution < -0.4 is 16.8 Å². The molecule has 0 bridgehead atoms. The van der Waals surface area contributed by atoms with E-state index in [1.165, 1.54) is 34.8 Å². The van der Waals surface area contributed by atoms with Crippen LogP contribution >= 0.6 is 23.4 Å². The van der Waals surface area contributed by atoms with Crippen LogP contribution in [0.15, 0.2) is 58.5 Å². The van der Waals surface area contributed by atoms with Crippen molar-refractivity contribution in [3.8, 4) is 5.69 Å². The molecule has 7 nitrogen and oxygen atoms in total. The van der Waals surface area contributed by atoms with Gasteiger partial charge in [0, 0.05) is 9.79 Å². The van der Waals surface area contributed by atoms with E-state index in [0.29, 0.717) is 10.7 Å². The summed E-state index contributed by atoms with van der Waals surface area (Å²) >= 11 is 7.75. The fourth-order valence-corrected chi connectivity index (χ4v) is 3.47. The number of carbonyl (C=O) groups excluding carboxylic acids is 2. The summed E-state index contributed by atoms with van der Waals surface area (Å²) in [6, 6.07) is 10.4. The largest absolute Gasteiger partial charge is 0.364 e. The Labute approximate surface area is 162 Å². The minimum atomic E-state index is -0.853. The molecule has 1 heterocycles. The monoisotopic (exact) mass is 405 g/mol. The second kappa shape index (κ2) is 7.68. The first kappa shape index (κ1) is 18.7. The van der Waals surface area contributed by atoms with Crippen LogP contribution in [-0.2, 0) is 0 Å². The average Bonchev–Trinajstić information content (AvgIpc) is 3.00. The number of amides is 3. The number of halogens is 2. The number of primary amides is 2. The normalized spacial score (nSPS) is 10.6. The van der Waals surface area contributed by atoms with E-state index >= 15 is 0 Å². The molecule has 0 aliphatic heterocycles. The predicted molar refractivity (Wildman–Crippen MR) is 101 cm³/mol. The molecule has 3 aromatic rings. The first-order valence-corrected chi connectivity index (χ1v) is 8.72. The zero-order valence-corrected chi connectivity index (χ0v) is 15.2. The van der Waals surface area contributed by atoms with Gasteiger partial charge in [0.2, 0.25) is 0 Å². The smallest absolute Gasteiger partial charge is 0.316 e. The van der Waals surface area contributed by atoms with Gasteiger partial charge in [0.05, 0.1) is 22.6 Å². The summed E-state index contributed by atoms with van der Waals surface area (Å²) in [5.41, 5.74) is 10.8. The van der Waals surface area contributed by atoms with Crippen molar-refractivity contribution in [2.75, 3.05) is 5.32 Å². The Kier molecular flexibility index (Phi) is 5.33. The molecule has 3 amide bonds.